The van der Waals surface area contributed by atoms with Gasteiger partial charge in [0.1, 0.15) is 24.4 Å². The number of aliphatic hydroxyl groups is 4. The summed E-state index contributed by atoms with van der Waals surface area (Å²) in [5, 5.41) is 44.9. The quantitative estimate of drug-likeness (QED) is 0.325. The molecule has 5 atom stereocenters. The molecule has 7 heteroatoms. The highest BCUT2D eigenvalue weighted by Gasteiger charge is 2.46. The van der Waals surface area contributed by atoms with E-state index in [2.05, 4.69) is 4.74 Å². The standard InChI is InChI=1S/C7H12O7/c8-1-2-3(9)4(10)5(11)6(14-2)7(12)13/h2-6,8-11H,1H2,(H,12,13)/t2-,3?,4?,5?,6?/m1/s1. The highest BCUT2D eigenvalue weighted by Crippen LogP contribution is 2.20. The van der Waals surface area contributed by atoms with Crippen LogP contribution in [0.5, 0.6) is 0 Å². The minimum absolute atomic E-state index is 0.630. The van der Waals surface area contributed by atoms with Crippen LogP contribution in [0.1, 0.15) is 0 Å². The van der Waals surface area contributed by atoms with Gasteiger partial charge in [-0.15, -0.1) is 0 Å². The van der Waals surface area contributed by atoms with E-state index in [1.165, 1.54) is 0 Å². The molecule has 0 radical (unpaired) electrons. The molecule has 4 unspecified atom stereocenters. The van der Waals surface area contributed by atoms with E-state index >= 15 is 0 Å². The van der Waals surface area contributed by atoms with Crippen LogP contribution in [0.3, 0.4) is 0 Å². The van der Waals surface area contributed by atoms with Crippen molar-refractivity contribution in [1.82, 2.24) is 0 Å². The Morgan fingerprint density at radius 2 is 1.71 bits per heavy atom. The van der Waals surface area contributed by atoms with Crippen molar-refractivity contribution in [3.05, 3.63) is 0 Å². The molecule has 7 nitrogen and oxygen atoms in total. The molecule has 1 heterocycles. The van der Waals surface area contributed by atoms with Crippen molar-refractivity contribution in [2.24, 2.45) is 0 Å². The number of ether oxygens (including phenoxy) is 1. The Balaban J connectivity index is 2.78. The maximum absolute atomic E-state index is 10.5. The lowest BCUT2D eigenvalue weighted by molar-refractivity contribution is -0.233. The van der Waals surface area contributed by atoms with Crippen molar-refractivity contribution in [3.8, 4) is 0 Å². The molecular formula is C7H12O7. The third kappa shape index (κ3) is 1.86. The van der Waals surface area contributed by atoms with Crippen LogP contribution in [0.4, 0.5) is 0 Å². The molecule has 0 spiro atoms. The molecule has 1 rings (SSSR count). The zero-order chi connectivity index (χ0) is 10.9. The highest BCUT2D eigenvalue weighted by atomic mass is 16.6. The lowest BCUT2D eigenvalue weighted by atomic mass is 9.95. The maximum Gasteiger partial charge on any atom is 0.335 e. The van der Waals surface area contributed by atoms with Gasteiger partial charge in [0, 0.05) is 0 Å². The monoisotopic (exact) mass is 208 g/mol. The third-order valence-corrected chi connectivity index (χ3v) is 2.14. The van der Waals surface area contributed by atoms with Gasteiger partial charge in [-0.3, -0.25) is 0 Å². The van der Waals surface area contributed by atoms with Crippen molar-refractivity contribution in [2.45, 2.75) is 30.5 Å². The number of carbonyl (C=O) groups is 1. The van der Waals surface area contributed by atoms with Gasteiger partial charge < -0.3 is 30.3 Å². The summed E-state index contributed by atoms with van der Waals surface area (Å²) in [5.74, 6) is -1.46. The molecule has 14 heavy (non-hydrogen) atoms. The predicted octanol–water partition coefficient (Wildman–Crippen LogP) is -3.09. The van der Waals surface area contributed by atoms with E-state index < -0.39 is 43.1 Å². The minimum atomic E-state index is -1.70. The normalized spacial score (nSPS) is 43.6. The summed E-state index contributed by atoms with van der Waals surface area (Å²) in [6, 6.07) is 0. The fourth-order valence-electron chi connectivity index (χ4n) is 1.31. The molecule has 82 valence electrons. The van der Waals surface area contributed by atoms with Gasteiger partial charge >= 0.3 is 5.97 Å². The van der Waals surface area contributed by atoms with Crippen LogP contribution in [0.15, 0.2) is 0 Å². The Bertz CT molecular complexity index is 216. The Labute approximate surface area is 79.2 Å². The smallest absolute Gasteiger partial charge is 0.335 e. The van der Waals surface area contributed by atoms with Crippen molar-refractivity contribution < 1.29 is 35.1 Å². The van der Waals surface area contributed by atoms with Crippen LogP contribution in [-0.4, -0.2) is 68.6 Å². The molecule has 1 aliphatic heterocycles. The number of rotatable bonds is 2. The molecule has 0 saturated carbocycles. The molecule has 5 N–H and O–H groups in total. The molecule has 0 amide bonds. The van der Waals surface area contributed by atoms with E-state index in [0.717, 1.165) is 0 Å². The average molecular weight is 208 g/mol. The van der Waals surface area contributed by atoms with E-state index in [9.17, 15) is 20.1 Å². The molecule has 0 aromatic heterocycles. The fourth-order valence-corrected chi connectivity index (χ4v) is 1.31. The second-order valence-corrected chi connectivity index (χ2v) is 3.09. The summed E-state index contributed by atoms with van der Waals surface area (Å²) in [6.45, 7) is -0.630. The van der Waals surface area contributed by atoms with E-state index in [1.807, 2.05) is 0 Å². The number of hydrogen-bond acceptors (Lipinski definition) is 6. The van der Waals surface area contributed by atoms with Gasteiger partial charge in [0.05, 0.1) is 6.61 Å². The lowest BCUT2D eigenvalue weighted by Crippen LogP contribution is -2.60. The van der Waals surface area contributed by atoms with E-state index in [4.69, 9.17) is 10.2 Å². The summed E-state index contributed by atoms with van der Waals surface area (Å²) < 4.78 is 4.68. The van der Waals surface area contributed by atoms with Crippen LogP contribution in [0, 0.1) is 0 Å². The first-order valence-electron chi connectivity index (χ1n) is 4.02. The first kappa shape index (κ1) is 11.3. The Hall–Kier alpha value is -0.730. The molecule has 1 aliphatic rings. The fraction of sp³-hybridized carbons (Fsp3) is 0.857. The van der Waals surface area contributed by atoms with Crippen molar-refractivity contribution in [3.63, 3.8) is 0 Å². The van der Waals surface area contributed by atoms with E-state index in [1.54, 1.807) is 0 Å². The molecule has 1 saturated heterocycles. The summed E-state index contributed by atoms with van der Waals surface area (Å²) >= 11 is 0. The first-order chi connectivity index (χ1) is 6.49. The average Bonchev–Trinajstić information content (AvgIpc) is 2.14. The lowest BCUT2D eigenvalue weighted by Gasteiger charge is -2.38. The number of carboxylic acid groups (broad SMARTS) is 1. The van der Waals surface area contributed by atoms with Crippen LogP contribution < -0.4 is 0 Å². The second kappa shape index (κ2) is 4.20. The molecule has 0 aromatic carbocycles. The third-order valence-electron chi connectivity index (χ3n) is 2.14. The van der Waals surface area contributed by atoms with Gasteiger partial charge in [-0.2, -0.15) is 0 Å². The van der Waals surface area contributed by atoms with Crippen molar-refractivity contribution in [1.29, 1.82) is 0 Å². The van der Waals surface area contributed by atoms with Gasteiger partial charge in [0.15, 0.2) is 6.10 Å². The van der Waals surface area contributed by atoms with Crippen LogP contribution >= 0.6 is 0 Å². The van der Waals surface area contributed by atoms with Crippen molar-refractivity contribution >= 4 is 5.97 Å². The van der Waals surface area contributed by atoms with Gasteiger partial charge in [0.2, 0.25) is 0 Å². The number of hydrogen-bond donors (Lipinski definition) is 5. The van der Waals surface area contributed by atoms with Crippen molar-refractivity contribution in [2.75, 3.05) is 6.61 Å². The minimum Gasteiger partial charge on any atom is -0.479 e. The van der Waals surface area contributed by atoms with Crippen LogP contribution in [-0.2, 0) is 9.53 Å². The largest absolute Gasteiger partial charge is 0.479 e. The van der Waals surface area contributed by atoms with Gasteiger partial charge in [-0.25, -0.2) is 4.79 Å². The summed E-state index contributed by atoms with van der Waals surface area (Å²) in [5.41, 5.74) is 0. The van der Waals surface area contributed by atoms with Crippen LogP contribution in [0.2, 0.25) is 0 Å². The zero-order valence-corrected chi connectivity index (χ0v) is 7.15. The predicted molar refractivity (Wildman–Crippen MR) is 41.4 cm³/mol. The van der Waals surface area contributed by atoms with Gasteiger partial charge in [0.25, 0.3) is 0 Å². The molecule has 1 fully saturated rings. The second-order valence-electron chi connectivity index (χ2n) is 3.09. The van der Waals surface area contributed by atoms with E-state index in [-0.39, 0.29) is 0 Å². The SMILES string of the molecule is O=C(O)C1O[C@H](CO)C(O)C(O)C1O. The molecule has 0 aliphatic carbocycles. The molecular weight excluding hydrogens is 196 g/mol. The number of aliphatic hydroxyl groups excluding tert-OH is 4. The number of carboxylic acids is 1. The highest BCUT2D eigenvalue weighted by molar-refractivity contribution is 5.73. The maximum atomic E-state index is 10.5. The van der Waals surface area contributed by atoms with E-state index in [0.29, 0.717) is 0 Å². The summed E-state index contributed by atoms with van der Waals surface area (Å²) in [4.78, 5) is 10.5. The van der Waals surface area contributed by atoms with Gasteiger partial charge in [-0.1, -0.05) is 0 Å². The zero-order valence-electron chi connectivity index (χ0n) is 7.15. The Morgan fingerprint density at radius 1 is 1.14 bits per heavy atom. The molecule has 0 aromatic rings. The topological polar surface area (TPSA) is 127 Å². The first-order valence-corrected chi connectivity index (χ1v) is 4.02. The van der Waals surface area contributed by atoms with Crippen LogP contribution in [0.25, 0.3) is 0 Å². The summed E-state index contributed by atoms with van der Waals surface area (Å²) in [7, 11) is 0. The Morgan fingerprint density at radius 3 is 2.14 bits per heavy atom. The summed E-state index contributed by atoms with van der Waals surface area (Å²) in [6.07, 6.45) is -7.67. The van der Waals surface area contributed by atoms with Gasteiger partial charge in [-0.05, 0) is 0 Å². The Kier molecular flexibility index (Phi) is 3.40. The number of aliphatic carboxylic acids is 1. The molecule has 0 bridgehead atoms.